The summed E-state index contributed by atoms with van der Waals surface area (Å²) in [6.07, 6.45) is 5.09. The third-order valence-electron chi connectivity index (χ3n) is 10.8. The highest BCUT2D eigenvalue weighted by Gasteiger charge is 2.26. The Balaban J connectivity index is 1.29. The average molecular weight is 670 g/mol. The number of hydrogen-bond donors (Lipinski definition) is 2. The second-order valence-corrected chi connectivity index (χ2v) is 14.0. The number of morpholine rings is 1. The standard InChI is InChI=1S/C40H55N5O4/c1-5-7-15-43-16-12-34-36(40(47)42-29(4)37(34)27-43)25-41-39(46)35-23-32(24-38(28(35)3)45(6-2)33-13-19-48-20-14-33)31-10-8-30(9-11-31)26-44-17-21-49-22-18-44/h8-11,23-24,33H,5-7,12-22,25-27H2,1-4H3,(H,41,46)(H,42,47). The molecule has 2 saturated heterocycles. The molecule has 3 aromatic rings. The van der Waals surface area contributed by atoms with Crippen molar-refractivity contribution in [2.24, 2.45) is 0 Å². The second-order valence-electron chi connectivity index (χ2n) is 14.0. The van der Waals surface area contributed by atoms with E-state index in [0.717, 1.165) is 125 Å². The first-order chi connectivity index (χ1) is 23.9. The fourth-order valence-electron chi connectivity index (χ4n) is 7.82. The van der Waals surface area contributed by atoms with E-state index in [9.17, 15) is 9.59 Å². The van der Waals surface area contributed by atoms with Crippen LogP contribution in [-0.4, -0.2) is 85.9 Å². The topological polar surface area (TPSA) is 90.1 Å². The Hall–Kier alpha value is -3.50. The van der Waals surface area contributed by atoms with Gasteiger partial charge in [0.1, 0.15) is 0 Å². The summed E-state index contributed by atoms with van der Waals surface area (Å²) in [4.78, 5) is 37.9. The van der Waals surface area contributed by atoms with Gasteiger partial charge in [0.2, 0.25) is 0 Å². The van der Waals surface area contributed by atoms with Crippen LogP contribution in [0.5, 0.6) is 0 Å². The molecule has 2 fully saturated rings. The quantitative estimate of drug-likeness (QED) is 0.260. The van der Waals surface area contributed by atoms with Crippen LogP contribution in [0.3, 0.4) is 0 Å². The number of fused-ring (bicyclic) bond motifs is 1. The molecule has 4 heterocycles. The number of anilines is 1. The highest BCUT2D eigenvalue weighted by molar-refractivity contribution is 5.99. The lowest BCUT2D eigenvalue weighted by Crippen LogP contribution is -2.40. The van der Waals surface area contributed by atoms with Gasteiger partial charge in [-0.15, -0.1) is 0 Å². The van der Waals surface area contributed by atoms with Crippen LogP contribution in [0.25, 0.3) is 11.1 Å². The third kappa shape index (κ3) is 8.28. The van der Waals surface area contributed by atoms with Crippen molar-refractivity contribution in [1.29, 1.82) is 0 Å². The number of amides is 1. The zero-order valence-electron chi connectivity index (χ0n) is 30.0. The summed E-state index contributed by atoms with van der Waals surface area (Å²) in [5.41, 5.74) is 9.92. The van der Waals surface area contributed by atoms with Crippen LogP contribution in [0.2, 0.25) is 0 Å². The number of unbranched alkanes of at least 4 members (excludes halogenated alkanes) is 1. The number of nitrogens with zero attached hydrogens (tertiary/aromatic N) is 3. The van der Waals surface area contributed by atoms with E-state index in [2.05, 4.69) is 76.1 Å². The summed E-state index contributed by atoms with van der Waals surface area (Å²) in [5.74, 6) is -0.151. The van der Waals surface area contributed by atoms with Crippen molar-refractivity contribution in [3.63, 3.8) is 0 Å². The summed E-state index contributed by atoms with van der Waals surface area (Å²) in [6, 6.07) is 13.4. The van der Waals surface area contributed by atoms with Gasteiger partial charge in [-0.2, -0.15) is 0 Å². The highest BCUT2D eigenvalue weighted by atomic mass is 16.5. The first kappa shape index (κ1) is 35.3. The SMILES string of the molecule is CCCCN1CCc2c(c(C)[nH]c(=O)c2CNC(=O)c2cc(-c3ccc(CN4CCOCC4)cc3)cc(N(CC)C3CCOCC3)c2C)C1. The molecule has 264 valence electrons. The molecule has 6 rings (SSSR count). The van der Waals surface area contributed by atoms with Crippen LogP contribution in [0.15, 0.2) is 41.2 Å². The minimum absolute atomic E-state index is 0.0986. The molecule has 0 unspecified atom stereocenters. The van der Waals surface area contributed by atoms with Crippen molar-refractivity contribution in [3.05, 3.63) is 85.8 Å². The number of nitrogens with one attached hydrogen (secondary N) is 2. The monoisotopic (exact) mass is 669 g/mol. The lowest BCUT2D eigenvalue weighted by atomic mass is 9.93. The highest BCUT2D eigenvalue weighted by Crippen LogP contribution is 2.34. The first-order valence-electron chi connectivity index (χ1n) is 18.5. The Morgan fingerprint density at radius 3 is 2.39 bits per heavy atom. The fourth-order valence-corrected chi connectivity index (χ4v) is 7.82. The zero-order chi connectivity index (χ0) is 34.3. The van der Waals surface area contributed by atoms with E-state index in [1.165, 1.54) is 24.0 Å². The smallest absolute Gasteiger partial charge is 0.253 e. The molecular formula is C40H55N5O4. The first-order valence-corrected chi connectivity index (χ1v) is 18.5. The van der Waals surface area contributed by atoms with Gasteiger partial charge in [-0.05, 0) is 98.5 Å². The van der Waals surface area contributed by atoms with Crippen molar-refractivity contribution >= 4 is 11.6 Å². The zero-order valence-corrected chi connectivity index (χ0v) is 30.0. The molecule has 0 spiro atoms. The molecule has 2 aromatic carbocycles. The van der Waals surface area contributed by atoms with E-state index < -0.39 is 0 Å². The molecular weight excluding hydrogens is 614 g/mol. The van der Waals surface area contributed by atoms with Gasteiger partial charge in [-0.25, -0.2) is 0 Å². The Morgan fingerprint density at radius 1 is 0.939 bits per heavy atom. The van der Waals surface area contributed by atoms with Crippen LogP contribution in [0.1, 0.15) is 83.4 Å². The number of carbonyl (C=O) groups excluding carboxylic acids is 1. The maximum absolute atomic E-state index is 14.2. The second kappa shape index (κ2) is 16.5. The van der Waals surface area contributed by atoms with Crippen LogP contribution < -0.4 is 15.8 Å². The predicted molar refractivity (Wildman–Crippen MR) is 196 cm³/mol. The number of ether oxygens (including phenoxy) is 2. The molecule has 0 atom stereocenters. The summed E-state index contributed by atoms with van der Waals surface area (Å²) in [5, 5.41) is 3.18. The molecule has 9 nitrogen and oxygen atoms in total. The van der Waals surface area contributed by atoms with Crippen molar-refractivity contribution in [1.82, 2.24) is 20.1 Å². The normalized spacial score (nSPS) is 17.6. The number of aryl methyl sites for hydroxylation is 1. The van der Waals surface area contributed by atoms with Gasteiger partial charge in [0.25, 0.3) is 11.5 Å². The third-order valence-corrected chi connectivity index (χ3v) is 10.8. The van der Waals surface area contributed by atoms with Crippen molar-refractivity contribution in [2.75, 3.05) is 64.1 Å². The van der Waals surface area contributed by atoms with Gasteiger partial charge in [0.05, 0.1) is 13.2 Å². The van der Waals surface area contributed by atoms with E-state index in [-0.39, 0.29) is 18.0 Å². The minimum Gasteiger partial charge on any atom is -0.381 e. The van der Waals surface area contributed by atoms with E-state index >= 15 is 0 Å². The maximum Gasteiger partial charge on any atom is 0.253 e. The number of benzene rings is 2. The number of carbonyl (C=O) groups is 1. The van der Waals surface area contributed by atoms with Gasteiger partial charge < -0.3 is 24.7 Å². The lowest BCUT2D eigenvalue weighted by Gasteiger charge is -2.37. The number of rotatable bonds is 12. The van der Waals surface area contributed by atoms with Crippen LogP contribution in [-0.2, 0) is 35.5 Å². The summed E-state index contributed by atoms with van der Waals surface area (Å²) in [6.45, 7) is 18.3. The van der Waals surface area contributed by atoms with Crippen molar-refractivity contribution < 1.29 is 14.3 Å². The largest absolute Gasteiger partial charge is 0.381 e. The average Bonchev–Trinajstić information content (AvgIpc) is 3.13. The van der Waals surface area contributed by atoms with Gasteiger partial charge in [-0.3, -0.25) is 19.4 Å². The Bertz CT molecular complexity index is 1640. The molecule has 9 heteroatoms. The molecule has 0 aliphatic carbocycles. The lowest BCUT2D eigenvalue weighted by molar-refractivity contribution is 0.0342. The Kier molecular flexibility index (Phi) is 11.9. The van der Waals surface area contributed by atoms with Crippen molar-refractivity contribution in [2.45, 2.75) is 85.5 Å². The fraction of sp³-hybridized carbons (Fsp3) is 0.550. The van der Waals surface area contributed by atoms with E-state index in [0.29, 0.717) is 17.2 Å². The summed E-state index contributed by atoms with van der Waals surface area (Å²) < 4.78 is 11.2. The van der Waals surface area contributed by atoms with Crippen LogP contribution >= 0.6 is 0 Å². The predicted octanol–water partition coefficient (Wildman–Crippen LogP) is 5.58. The molecule has 49 heavy (non-hydrogen) atoms. The van der Waals surface area contributed by atoms with E-state index in [4.69, 9.17) is 9.47 Å². The minimum atomic E-state index is -0.151. The molecule has 0 radical (unpaired) electrons. The molecule has 0 bridgehead atoms. The van der Waals surface area contributed by atoms with E-state index in [1.807, 2.05) is 13.0 Å². The number of aromatic nitrogens is 1. The van der Waals surface area contributed by atoms with Crippen LogP contribution in [0, 0.1) is 13.8 Å². The van der Waals surface area contributed by atoms with E-state index in [1.54, 1.807) is 0 Å². The Morgan fingerprint density at radius 2 is 1.67 bits per heavy atom. The van der Waals surface area contributed by atoms with Crippen molar-refractivity contribution in [3.8, 4) is 11.1 Å². The van der Waals surface area contributed by atoms with Gasteiger partial charge in [0, 0.05) is 87.6 Å². The molecule has 1 amide bonds. The molecule has 3 aliphatic heterocycles. The molecule has 2 N–H and O–H groups in total. The molecule has 3 aliphatic rings. The summed E-state index contributed by atoms with van der Waals surface area (Å²) >= 11 is 0. The Labute approximate surface area is 292 Å². The number of aromatic amines is 1. The molecule has 0 saturated carbocycles. The number of hydrogen-bond acceptors (Lipinski definition) is 7. The number of H-pyrrole nitrogens is 1. The number of pyridine rings is 1. The van der Waals surface area contributed by atoms with Gasteiger partial charge >= 0.3 is 0 Å². The maximum atomic E-state index is 14.2. The summed E-state index contributed by atoms with van der Waals surface area (Å²) in [7, 11) is 0. The molecule has 1 aromatic heterocycles. The van der Waals surface area contributed by atoms with Gasteiger partial charge in [0.15, 0.2) is 0 Å². The van der Waals surface area contributed by atoms with Crippen LogP contribution in [0.4, 0.5) is 5.69 Å². The van der Waals surface area contributed by atoms with Gasteiger partial charge in [-0.1, -0.05) is 37.6 Å².